The van der Waals surface area contributed by atoms with E-state index in [1.807, 2.05) is 0 Å². The SMILES string of the molecule is Oc1ccc(CNCC2CCCC2)c(O)c1O. The van der Waals surface area contributed by atoms with Gasteiger partial charge in [0.05, 0.1) is 0 Å². The van der Waals surface area contributed by atoms with Gasteiger partial charge in [0.25, 0.3) is 0 Å². The lowest BCUT2D eigenvalue weighted by Crippen LogP contribution is -2.20. The van der Waals surface area contributed by atoms with Crippen LogP contribution in [-0.2, 0) is 6.54 Å². The van der Waals surface area contributed by atoms with Gasteiger partial charge >= 0.3 is 0 Å². The van der Waals surface area contributed by atoms with Gasteiger partial charge in [-0.25, -0.2) is 0 Å². The second-order valence-corrected chi connectivity index (χ2v) is 4.72. The Labute approximate surface area is 101 Å². The van der Waals surface area contributed by atoms with Gasteiger partial charge in [-0.2, -0.15) is 0 Å². The molecule has 0 aliphatic heterocycles. The second kappa shape index (κ2) is 5.27. The van der Waals surface area contributed by atoms with Crippen LogP contribution in [0.2, 0.25) is 0 Å². The number of hydrogen-bond donors (Lipinski definition) is 4. The number of nitrogens with one attached hydrogen (secondary N) is 1. The molecule has 17 heavy (non-hydrogen) atoms. The van der Waals surface area contributed by atoms with Crippen molar-refractivity contribution in [3.63, 3.8) is 0 Å². The maximum atomic E-state index is 9.62. The van der Waals surface area contributed by atoms with Crippen molar-refractivity contribution >= 4 is 0 Å². The van der Waals surface area contributed by atoms with Gasteiger partial charge in [-0.1, -0.05) is 18.9 Å². The summed E-state index contributed by atoms with van der Waals surface area (Å²) in [6.45, 7) is 1.46. The monoisotopic (exact) mass is 237 g/mol. The zero-order valence-corrected chi connectivity index (χ0v) is 9.82. The van der Waals surface area contributed by atoms with Crippen molar-refractivity contribution in [2.45, 2.75) is 32.2 Å². The zero-order chi connectivity index (χ0) is 12.3. The van der Waals surface area contributed by atoms with Crippen LogP contribution in [0.25, 0.3) is 0 Å². The molecule has 0 radical (unpaired) electrons. The van der Waals surface area contributed by atoms with E-state index >= 15 is 0 Å². The van der Waals surface area contributed by atoms with Crippen molar-refractivity contribution < 1.29 is 15.3 Å². The zero-order valence-electron chi connectivity index (χ0n) is 9.82. The predicted octanol–water partition coefficient (Wildman–Crippen LogP) is 2.08. The van der Waals surface area contributed by atoms with Crippen molar-refractivity contribution in [2.24, 2.45) is 5.92 Å². The average molecular weight is 237 g/mol. The molecule has 0 unspecified atom stereocenters. The number of phenols is 3. The van der Waals surface area contributed by atoms with Crippen LogP contribution in [-0.4, -0.2) is 21.9 Å². The fraction of sp³-hybridized carbons (Fsp3) is 0.538. The van der Waals surface area contributed by atoms with Gasteiger partial charge in [0.15, 0.2) is 11.5 Å². The fourth-order valence-corrected chi connectivity index (χ4v) is 2.38. The second-order valence-electron chi connectivity index (χ2n) is 4.72. The van der Waals surface area contributed by atoms with E-state index in [2.05, 4.69) is 5.32 Å². The van der Waals surface area contributed by atoms with Gasteiger partial charge in [-0.15, -0.1) is 0 Å². The minimum absolute atomic E-state index is 0.232. The molecule has 0 amide bonds. The fourth-order valence-electron chi connectivity index (χ4n) is 2.38. The summed E-state index contributed by atoms with van der Waals surface area (Å²) in [5.74, 6) is -0.223. The molecule has 0 aromatic heterocycles. The maximum absolute atomic E-state index is 9.62. The summed E-state index contributed by atoms with van der Waals surface area (Å²) >= 11 is 0. The number of hydrogen-bond acceptors (Lipinski definition) is 4. The number of benzene rings is 1. The van der Waals surface area contributed by atoms with Crippen LogP contribution < -0.4 is 5.32 Å². The molecule has 0 saturated heterocycles. The largest absolute Gasteiger partial charge is 0.504 e. The Balaban J connectivity index is 1.88. The molecule has 94 valence electrons. The van der Waals surface area contributed by atoms with E-state index in [-0.39, 0.29) is 11.5 Å². The van der Waals surface area contributed by atoms with Crippen molar-refractivity contribution in [1.29, 1.82) is 0 Å². The van der Waals surface area contributed by atoms with E-state index in [1.54, 1.807) is 6.07 Å². The van der Waals surface area contributed by atoms with E-state index in [9.17, 15) is 15.3 Å². The molecular weight excluding hydrogens is 218 g/mol. The summed E-state index contributed by atoms with van der Waals surface area (Å²) in [4.78, 5) is 0. The van der Waals surface area contributed by atoms with Gasteiger partial charge in [0, 0.05) is 12.1 Å². The van der Waals surface area contributed by atoms with Gasteiger partial charge in [-0.05, 0) is 31.4 Å². The van der Waals surface area contributed by atoms with Gasteiger partial charge < -0.3 is 20.6 Å². The Hall–Kier alpha value is -1.42. The summed E-state index contributed by atoms with van der Waals surface area (Å²) in [5, 5.41) is 31.5. The highest BCUT2D eigenvalue weighted by molar-refractivity contribution is 5.52. The number of phenolic OH excluding ortho intramolecular Hbond substituents is 3. The third-order valence-electron chi connectivity index (χ3n) is 3.44. The molecule has 0 spiro atoms. The summed E-state index contributed by atoms with van der Waals surface area (Å²) in [6.07, 6.45) is 5.19. The van der Waals surface area contributed by atoms with Crippen LogP contribution in [0.4, 0.5) is 0 Å². The van der Waals surface area contributed by atoms with E-state index in [0.29, 0.717) is 12.1 Å². The molecule has 1 aromatic carbocycles. The molecule has 1 fully saturated rings. The summed E-state index contributed by atoms with van der Waals surface area (Å²) < 4.78 is 0. The molecule has 0 heterocycles. The van der Waals surface area contributed by atoms with Crippen molar-refractivity contribution in [1.82, 2.24) is 5.32 Å². The van der Waals surface area contributed by atoms with Crippen LogP contribution in [0.3, 0.4) is 0 Å². The van der Waals surface area contributed by atoms with Crippen molar-refractivity contribution in [2.75, 3.05) is 6.54 Å². The molecule has 1 aromatic rings. The van der Waals surface area contributed by atoms with E-state index in [4.69, 9.17) is 0 Å². The topological polar surface area (TPSA) is 72.7 Å². The Morgan fingerprint density at radius 2 is 1.76 bits per heavy atom. The number of rotatable bonds is 4. The highest BCUT2D eigenvalue weighted by Crippen LogP contribution is 2.36. The molecule has 4 N–H and O–H groups in total. The molecule has 1 aliphatic carbocycles. The van der Waals surface area contributed by atoms with Crippen LogP contribution in [0.1, 0.15) is 31.2 Å². The molecule has 1 saturated carbocycles. The molecule has 0 bridgehead atoms. The average Bonchev–Trinajstić information content (AvgIpc) is 2.82. The highest BCUT2D eigenvalue weighted by atomic mass is 16.3. The van der Waals surface area contributed by atoms with Crippen molar-refractivity contribution in [3.8, 4) is 17.2 Å². The first-order valence-corrected chi connectivity index (χ1v) is 6.12. The molecule has 4 nitrogen and oxygen atoms in total. The summed E-state index contributed by atoms with van der Waals surface area (Å²) in [7, 11) is 0. The predicted molar refractivity (Wildman–Crippen MR) is 65.1 cm³/mol. The third kappa shape index (κ3) is 2.82. The molecule has 0 atom stereocenters. The lowest BCUT2D eigenvalue weighted by atomic mass is 10.1. The third-order valence-corrected chi connectivity index (χ3v) is 3.44. The minimum Gasteiger partial charge on any atom is -0.504 e. The Morgan fingerprint density at radius 1 is 1.06 bits per heavy atom. The van der Waals surface area contributed by atoms with E-state index in [0.717, 1.165) is 12.5 Å². The first-order chi connectivity index (χ1) is 8.18. The molecular formula is C13H19NO3. The number of aromatic hydroxyl groups is 3. The first-order valence-electron chi connectivity index (χ1n) is 6.12. The van der Waals surface area contributed by atoms with E-state index in [1.165, 1.54) is 31.7 Å². The first kappa shape index (κ1) is 12.0. The van der Waals surface area contributed by atoms with Gasteiger partial charge in [0.1, 0.15) is 0 Å². The summed E-state index contributed by atoms with van der Waals surface area (Å²) in [6, 6.07) is 3.01. The van der Waals surface area contributed by atoms with Crippen LogP contribution in [0.15, 0.2) is 12.1 Å². The normalized spacial score (nSPS) is 16.5. The quantitative estimate of drug-likeness (QED) is 0.605. The van der Waals surface area contributed by atoms with Crippen LogP contribution >= 0.6 is 0 Å². The molecule has 2 rings (SSSR count). The molecule has 4 heteroatoms. The Kier molecular flexibility index (Phi) is 3.74. The van der Waals surface area contributed by atoms with E-state index < -0.39 is 5.75 Å². The highest BCUT2D eigenvalue weighted by Gasteiger charge is 2.15. The van der Waals surface area contributed by atoms with Crippen molar-refractivity contribution in [3.05, 3.63) is 17.7 Å². The Bertz CT molecular complexity index is 386. The Morgan fingerprint density at radius 3 is 2.47 bits per heavy atom. The lowest BCUT2D eigenvalue weighted by Gasteiger charge is -2.12. The molecule has 1 aliphatic rings. The van der Waals surface area contributed by atoms with Crippen LogP contribution in [0.5, 0.6) is 17.2 Å². The smallest absolute Gasteiger partial charge is 0.200 e. The lowest BCUT2D eigenvalue weighted by molar-refractivity contribution is 0.363. The maximum Gasteiger partial charge on any atom is 0.200 e. The van der Waals surface area contributed by atoms with Crippen LogP contribution in [0, 0.1) is 5.92 Å². The minimum atomic E-state index is -0.440. The summed E-state index contributed by atoms with van der Waals surface area (Å²) in [5.41, 5.74) is 0.610. The van der Waals surface area contributed by atoms with Gasteiger partial charge in [-0.3, -0.25) is 0 Å². The standard InChI is InChI=1S/C13H19NO3/c15-11-6-5-10(12(16)13(11)17)8-14-7-9-3-1-2-4-9/h5-6,9,14-17H,1-4,7-8H2. The van der Waals surface area contributed by atoms with Gasteiger partial charge in [0.2, 0.25) is 5.75 Å².